The molecule has 0 atom stereocenters. The number of rotatable bonds is 5. The Bertz CT molecular complexity index is 637. The molecule has 1 aromatic heterocycles. The van der Waals surface area contributed by atoms with E-state index in [1.807, 2.05) is 18.4 Å². The second-order valence-electron chi connectivity index (χ2n) is 5.71. The SMILES string of the molecule is Cc1ccsc1/C=C/C(=O)OCC(=O)NC1(C#N)CCCCC1. The summed E-state index contributed by atoms with van der Waals surface area (Å²) >= 11 is 1.53. The number of aryl methyl sites for hydroxylation is 1. The first kappa shape index (κ1) is 17.2. The number of nitrogens with one attached hydrogen (secondary N) is 1. The number of hydrogen-bond acceptors (Lipinski definition) is 5. The number of nitriles is 1. The van der Waals surface area contributed by atoms with Crippen molar-refractivity contribution >= 4 is 29.3 Å². The number of amides is 1. The van der Waals surface area contributed by atoms with Gasteiger partial charge in [0.25, 0.3) is 5.91 Å². The molecule has 1 heterocycles. The first-order chi connectivity index (χ1) is 11.0. The zero-order valence-corrected chi connectivity index (χ0v) is 13.9. The third kappa shape index (κ3) is 4.93. The van der Waals surface area contributed by atoms with E-state index in [2.05, 4.69) is 11.4 Å². The van der Waals surface area contributed by atoms with Gasteiger partial charge in [-0.05, 0) is 42.9 Å². The Hall–Kier alpha value is -2.13. The molecule has 122 valence electrons. The summed E-state index contributed by atoms with van der Waals surface area (Å²) in [6, 6.07) is 4.17. The summed E-state index contributed by atoms with van der Waals surface area (Å²) in [7, 11) is 0. The molecule has 0 aliphatic heterocycles. The second kappa shape index (κ2) is 7.93. The van der Waals surface area contributed by atoms with Crippen LogP contribution < -0.4 is 5.32 Å². The van der Waals surface area contributed by atoms with E-state index >= 15 is 0 Å². The lowest BCUT2D eigenvalue weighted by Gasteiger charge is -2.31. The average molecular weight is 332 g/mol. The number of carbonyl (C=O) groups excluding carboxylic acids is 2. The van der Waals surface area contributed by atoms with Crippen molar-refractivity contribution in [3.8, 4) is 6.07 Å². The Balaban J connectivity index is 1.80. The van der Waals surface area contributed by atoms with Crippen molar-refractivity contribution in [3.05, 3.63) is 28.0 Å². The van der Waals surface area contributed by atoms with Crippen LogP contribution in [0.15, 0.2) is 17.5 Å². The van der Waals surface area contributed by atoms with Crippen LogP contribution in [0.25, 0.3) is 6.08 Å². The van der Waals surface area contributed by atoms with E-state index < -0.39 is 17.4 Å². The van der Waals surface area contributed by atoms with Crippen molar-refractivity contribution in [2.45, 2.75) is 44.6 Å². The van der Waals surface area contributed by atoms with E-state index in [9.17, 15) is 14.9 Å². The molecule has 1 aliphatic carbocycles. The fourth-order valence-electron chi connectivity index (χ4n) is 2.61. The van der Waals surface area contributed by atoms with Gasteiger partial charge in [-0.15, -0.1) is 11.3 Å². The highest BCUT2D eigenvalue weighted by Gasteiger charge is 2.33. The predicted octanol–water partition coefficient (Wildman–Crippen LogP) is 2.96. The summed E-state index contributed by atoms with van der Waals surface area (Å²) in [5.74, 6) is -0.995. The summed E-state index contributed by atoms with van der Waals surface area (Å²) in [5, 5.41) is 14.0. The molecule has 6 heteroatoms. The van der Waals surface area contributed by atoms with E-state index in [1.54, 1.807) is 6.08 Å². The maximum atomic E-state index is 11.9. The van der Waals surface area contributed by atoms with Gasteiger partial charge in [-0.1, -0.05) is 19.3 Å². The van der Waals surface area contributed by atoms with Gasteiger partial charge >= 0.3 is 5.97 Å². The topological polar surface area (TPSA) is 79.2 Å². The maximum Gasteiger partial charge on any atom is 0.331 e. The monoisotopic (exact) mass is 332 g/mol. The third-order valence-corrected chi connectivity index (χ3v) is 4.90. The van der Waals surface area contributed by atoms with Gasteiger partial charge in [0.15, 0.2) is 6.61 Å². The lowest BCUT2D eigenvalue weighted by molar-refractivity contribution is -0.144. The summed E-state index contributed by atoms with van der Waals surface area (Å²) in [4.78, 5) is 24.5. The molecule has 1 N–H and O–H groups in total. The zero-order chi connectivity index (χ0) is 16.7. The third-order valence-electron chi connectivity index (χ3n) is 3.92. The quantitative estimate of drug-likeness (QED) is 0.664. The molecule has 1 saturated carbocycles. The molecule has 0 spiro atoms. The Kier molecular flexibility index (Phi) is 5.94. The molecule has 0 bridgehead atoms. The summed E-state index contributed by atoms with van der Waals surface area (Å²) in [6.07, 6.45) is 7.24. The molecule has 23 heavy (non-hydrogen) atoms. The normalized spacial score (nSPS) is 16.7. The minimum absolute atomic E-state index is 0.365. The molecule has 1 fully saturated rings. The van der Waals surface area contributed by atoms with E-state index in [0.717, 1.165) is 29.7 Å². The Morgan fingerprint density at radius 1 is 1.43 bits per heavy atom. The molecule has 0 saturated heterocycles. The van der Waals surface area contributed by atoms with Crippen LogP contribution in [0.5, 0.6) is 0 Å². The van der Waals surface area contributed by atoms with Crippen LogP contribution in [-0.4, -0.2) is 24.0 Å². The number of hydrogen-bond donors (Lipinski definition) is 1. The smallest absolute Gasteiger partial charge is 0.331 e. The van der Waals surface area contributed by atoms with Gasteiger partial charge in [0.05, 0.1) is 6.07 Å². The van der Waals surface area contributed by atoms with Crippen molar-refractivity contribution in [2.24, 2.45) is 0 Å². The molecule has 2 rings (SSSR count). The standard InChI is InChI=1S/C17H20N2O3S/c1-13-7-10-23-14(13)5-6-16(21)22-11-15(20)19-17(12-18)8-3-2-4-9-17/h5-7,10H,2-4,8-9,11H2,1H3,(H,19,20)/b6-5+. The van der Waals surface area contributed by atoms with Crippen LogP contribution in [-0.2, 0) is 14.3 Å². The Labute approximate surface area is 139 Å². The lowest BCUT2D eigenvalue weighted by atomic mass is 9.83. The zero-order valence-electron chi connectivity index (χ0n) is 13.1. The fourth-order valence-corrected chi connectivity index (χ4v) is 3.43. The molecule has 1 amide bonds. The molecular weight excluding hydrogens is 312 g/mol. The minimum Gasteiger partial charge on any atom is -0.452 e. The van der Waals surface area contributed by atoms with Gasteiger partial charge in [-0.3, -0.25) is 4.79 Å². The number of thiophene rings is 1. The van der Waals surface area contributed by atoms with Gasteiger partial charge in [-0.25, -0.2) is 4.79 Å². The number of ether oxygens (including phenoxy) is 1. The van der Waals surface area contributed by atoms with Crippen molar-refractivity contribution in [1.29, 1.82) is 5.26 Å². The number of carbonyl (C=O) groups is 2. The van der Waals surface area contributed by atoms with Crippen molar-refractivity contribution in [2.75, 3.05) is 6.61 Å². The van der Waals surface area contributed by atoms with Crippen molar-refractivity contribution in [3.63, 3.8) is 0 Å². The van der Waals surface area contributed by atoms with Gasteiger partial charge in [-0.2, -0.15) is 5.26 Å². The van der Waals surface area contributed by atoms with Crippen molar-refractivity contribution < 1.29 is 14.3 Å². The van der Waals surface area contributed by atoms with Gasteiger partial charge in [0.1, 0.15) is 5.54 Å². The molecule has 5 nitrogen and oxygen atoms in total. The minimum atomic E-state index is -0.800. The highest BCUT2D eigenvalue weighted by atomic mass is 32.1. The van der Waals surface area contributed by atoms with Gasteiger partial charge < -0.3 is 10.1 Å². The largest absolute Gasteiger partial charge is 0.452 e. The molecule has 1 aromatic rings. The van der Waals surface area contributed by atoms with Gasteiger partial charge in [0.2, 0.25) is 0 Å². The molecular formula is C17H20N2O3S. The molecule has 0 aromatic carbocycles. The molecule has 0 unspecified atom stereocenters. The molecule has 0 radical (unpaired) electrons. The van der Waals surface area contributed by atoms with Crippen LogP contribution in [0.1, 0.15) is 42.5 Å². The van der Waals surface area contributed by atoms with E-state index in [0.29, 0.717) is 12.8 Å². The Morgan fingerprint density at radius 3 is 2.78 bits per heavy atom. The lowest BCUT2D eigenvalue weighted by Crippen LogP contribution is -2.49. The van der Waals surface area contributed by atoms with Crippen molar-refractivity contribution in [1.82, 2.24) is 5.32 Å². The predicted molar refractivity (Wildman–Crippen MR) is 88.6 cm³/mol. The highest BCUT2D eigenvalue weighted by Crippen LogP contribution is 2.27. The van der Waals surface area contributed by atoms with Crippen LogP contribution in [0.4, 0.5) is 0 Å². The summed E-state index contributed by atoms with van der Waals surface area (Å²) in [5.41, 5.74) is 0.288. The van der Waals surface area contributed by atoms with E-state index in [4.69, 9.17) is 4.74 Å². The number of nitrogens with zero attached hydrogens (tertiary/aromatic N) is 1. The second-order valence-corrected chi connectivity index (χ2v) is 6.66. The first-order valence-corrected chi connectivity index (χ1v) is 8.54. The number of esters is 1. The Morgan fingerprint density at radius 2 is 2.17 bits per heavy atom. The van der Waals surface area contributed by atoms with Crippen LogP contribution in [0, 0.1) is 18.3 Å². The summed E-state index contributed by atoms with van der Waals surface area (Å²) < 4.78 is 4.93. The van der Waals surface area contributed by atoms with E-state index in [1.165, 1.54) is 17.4 Å². The van der Waals surface area contributed by atoms with Gasteiger partial charge in [0, 0.05) is 11.0 Å². The average Bonchev–Trinajstić information content (AvgIpc) is 2.97. The van der Waals surface area contributed by atoms with Crippen LogP contribution in [0.2, 0.25) is 0 Å². The van der Waals surface area contributed by atoms with E-state index in [-0.39, 0.29) is 6.61 Å². The fraction of sp³-hybridized carbons (Fsp3) is 0.471. The maximum absolute atomic E-state index is 11.9. The van der Waals surface area contributed by atoms with Crippen LogP contribution in [0.3, 0.4) is 0 Å². The first-order valence-electron chi connectivity index (χ1n) is 7.66. The highest BCUT2D eigenvalue weighted by molar-refractivity contribution is 7.11. The summed E-state index contributed by atoms with van der Waals surface area (Å²) in [6.45, 7) is 1.59. The molecule has 1 aliphatic rings. The van der Waals surface area contributed by atoms with Crippen LogP contribution >= 0.6 is 11.3 Å².